The monoisotopic (exact) mass is 260 g/mol. The molecule has 1 heterocycles. The van der Waals surface area contributed by atoms with Crippen molar-refractivity contribution in [3.8, 4) is 6.07 Å². The van der Waals surface area contributed by atoms with Crippen LogP contribution in [0, 0.1) is 11.3 Å². The second-order valence-corrected chi connectivity index (χ2v) is 4.72. The molecule has 4 heteroatoms. The first-order chi connectivity index (χ1) is 8.31. The Hall–Kier alpha value is -1.50. The van der Waals surface area contributed by atoms with Gasteiger partial charge in [0.25, 0.3) is 0 Å². The maximum Gasteiger partial charge on any atom is 0.115 e. The van der Waals surface area contributed by atoms with Crippen LogP contribution in [0.3, 0.4) is 0 Å². The van der Waals surface area contributed by atoms with Gasteiger partial charge >= 0.3 is 0 Å². The number of pyridine rings is 1. The Bertz CT molecular complexity index is 563. The molecule has 2 rings (SSSR count). The number of nitriles is 1. The summed E-state index contributed by atoms with van der Waals surface area (Å²) in [6.45, 7) is 0. The fourth-order valence-electron chi connectivity index (χ4n) is 1.38. The van der Waals surface area contributed by atoms with Crippen LogP contribution in [0.1, 0.15) is 11.1 Å². The van der Waals surface area contributed by atoms with Crippen LogP contribution in [0.5, 0.6) is 0 Å². The number of hydrogen-bond acceptors (Lipinski definition) is 3. The lowest BCUT2D eigenvalue weighted by atomic mass is 10.1. The molecule has 0 N–H and O–H groups in total. The van der Waals surface area contributed by atoms with Crippen molar-refractivity contribution in [2.45, 2.75) is 10.8 Å². The lowest BCUT2D eigenvalue weighted by Gasteiger charge is -2.04. The summed E-state index contributed by atoms with van der Waals surface area (Å²) in [4.78, 5) is 4.20. The summed E-state index contributed by atoms with van der Waals surface area (Å²) in [5.41, 5.74) is 1.70. The Labute approximate surface area is 109 Å². The van der Waals surface area contributed by atoms with Gasteiger partial charge in [-0.15, -0.1) is 11.8 Å². The number of aromatic nitrogens is 1. The quantitative estimate of drug-likeness (QED) is 0.786. The van der Waals surface area contributed by atoms with E-state index in [4.69, 9.17) is 16.9 Å². The number of rotatable bonds is 3. The molecule has 0 saturated carbocycles. The van der Waals surface area contributed by atoms with Crippen molar-refractivity contribution in [1.82, 2.24) is 4.98 Å². The molecule has 1 aromatic carbocycles. The highest BCUT2D eigenvalue weighted by Crippen LogP contribution is 2.28. The normalized spacial score (nSPS) is 9.88. The van der Waals surface area contributed by atoms with Gasteiger partial charge < -0.3 is 0 Å². The van der Waals surface area contributed by atoms with Crippen molar-refractivity contribution >= 4 is 23.4 Å². The van der Waals surface area contributed by atoms with Crippen molar-refractivity contribution in [2.75, 3.05) is 0 Å². The second kappa shape index (κ2) is 5.72. The fraction of sp³-hybridized carbons (Fsp3) is 0.0769. The highest BCUT2D eigenvalue weighted by Gasteiger charge is 2.05. The van der Waals surface area contributed by atoms with Gasteiger partial charge in [0.15, 0.2) is 0 Å². The first kappa shape index (κ1) is 12.0. The summed E-state index contributed by atoms with van der Waals surface area (Å²) in [6, 6.07) is 13.3. The summed E-state index contributed by atoms with van der Waals surface area (Å²) in [5, 5.41) is 10.4. The highest BCUT2D eigenvalue weighted by atomic mass is 35.5. The Morgan fingerprint density at radius 3 is 2.82 bits per heavy atom. The predicted molar refractivity (Wildman–Crippen MR) is 70.0 cm³/mol. The van der Waals surface area contributed by atoms with E-state index in [0.717, 1.165) is 10.6 Å². The fourth-order valence-corrected chi connectivity index (χ4v) is 2.55. The zero-order valence-electron chi connectivity index (χ0n) is 8.93. The SMILES string of the molecule is N#Cc1ccccc1CSc1ncccc1Cl. The van der Waals surface area contributed by atoms with E-state index in [1.807, 2.05) is 30.3 Å². The lowest BCUT2D eigenvalue weighted by molar-refractivity contribution is 1.13. The number of halogens is 1. The molecule has 0 saturated heterocycles. The topological polar surface area (TPSA) is 36.7 Å². The van der Waals surface area contributed by atoms with E-state index in [1.54, 1.807) is 12.3 Å². The molecule has 0 bridgehead atoms. The standard InChI is InChI=1S/C13H9ClN2S/c14-12-6-3-7-16-13(12)17-9-11-5-2-1-4-10(11)8-15/h1-7H,9H2. The van der Waals surface area contributed by atoms with Crippen LogP contribution in [-0.4, -0.2) is 4.98 Å². The van der Waals surface area contributed by atoms with Crippen LogP contribution in [0.15, 0.2) is 47.6 Å². The minimum absolute atomic E-state index is 0.645. The Kier molecular flexibility index (Phi) is 4.03. The molecule has 0 atom stereocenters. The van der Waals surface area contributed by atoms with Crippen LogP contribution < -0.4 is 0 Å². The zero-order valence-corrected chi connectivity index (χ0v) is 10.5. The van der Waals surface area contributed by atoms with E-state index in [0.29, 0.717) is 16.3 Å². The highest BCUT2D eigenvalue weighted by molar-refractivity contribution is 7.98. The van der Waals surface area contributed by atoms with Crippen LogP contribution >= 0.6 is 23.4 Å². The maximum absolute atomic E-state index is 8.97. The molecular weight excluding hydrogens is 252 g/mol. The van der Waals surface area contributed by atoms with Crippen LogP contribution in [0.25, 0.3) is 0 Å². The molecule has 0 unspecified atom stereocenters. The molecule has 0 amide bonds. The lowest BCUT2D eigenvalue weighted by Crippen LogP contribution is -1.88. The average Bonchev–Trinajstić information content (AvgIpc) is 2.38. The van der Waals surface area contributed by atoms with E-state index in [-0.39, 0.29) is 0 Å². The smallest absolute Gasteiger partial charge is 0.115 e. The summed E-state index contributed by atoms with van der Waals surface area (Å²) in [5.74, 6) is 0.695. The van der Waals surface area contributed by atoms with Gasteiger partial charge in [0.1, 0.15) is 5.03 Å². The summed E-state index contributed by atoms with van der Waals surface area (Å²) < 4.78 is 0. The minimum atomic E-state index is 0.645. The number of thioether (sulfide) groups is 1. The van der Waals surface area contributed by atoms with Crippen LogP contribution in [-0.2, 0) is 5.75 Å². The van der Waals surface area contributed by atoms with Crippen molar-refractivity contribution in [3.63, 3.8) is 0 Å². The van der Waals surface area contributed by atoms with Crippen LogP contribution in [0.2, 0.25) is 5.02 Å². The molecule has 0 aliphatic rings. The molecule has 0 spiro atoms. The van der Waals surface area contributed by atoms with Crippen molar-refractivity contribution in [3.05, 3.63) is 58.7 Å². The Morgan fingerprint density at radius 1 is 1.24 bits per heavy atom. The maximum atomic E-state index is 8.97. The zero-order chi connectivity index (χ0) is 12.1. The molecule has 0 aliphatic heterocycles. The van der Waals surface area contributed by atoms with Gasteiger partial charge in [-0.2, -0.15) is 5.26 Å². The van der Waals surface area contributed by atoms with Crippen molar-refractivity contribution in [2.24, 2.45) is 0 Å². The Morgan fingerprint density at radius 2 is 2.06 bits per heavy atom. The largest absolute Gasteiger partial charge is 0.248 e. The molecule has 17 heavy (non-hydrogen) atoms. The molecule has 2 aromatic rings. The number of hydrogen-bond donors (Lipinski definition) is 0. The number of benzene rings is 1. The van der Waals surface area contributed by atoms with E-state index < -0.39 is 0 Å². The third kappa shape index (κ3) is 3.00. The summed E-state index contributed by atoms with van der Waals surface area (Å²) in [6.07, 6.45) is 1.71. The summed E-state index contributed by atoms with van der Waals surface area (Å²) >= 11 is 7.55. The van der Waals surface area contributed by atoms with Crippen molar-refractivity contribution < 1.29 is 0 Å². The second-order valence-electron chi connectivity index (χ2n) is 3.35. The van der Waals surface area contributed by atoms with Gasteiger partial charge in [-0.25, -0.2) is 4.98 Å². The van der Waals surface area contributed by atoms with E-state index >= 15 is 0 Å². The van der Waals surface area contributed by atoms with Gasteiger partial charge in [-0.3, -0.25) is 0 Å². The molecule has 84 valence electrons. The molecule has 0 fully saturated rings. The number of nitrogens with zero attached hydrogens (tertiary/aromatic N) is 2. The van der Waals surface area contributed by atoms with E-state index in [2.05, 4.69) is 11.1 Å². The van der Waals surface area contributed by atoms with E-state index in [9.17, 15) is 0 Å². The molecule has 2 nitrogen and oxygen atoms in total. The molecule has 1 aromatic heterocycles. The Balaban J connectivity index is 2.13. The third-order valence-electron chi connectivity index (χ3n) is 2.23. The summed E-state index contributed by atoms with van der Waals surface area (Å²) in [7, 11) is 0. The molecular formula is C13H9ClN2S. The van der Waals surface area contributed by atoms with E-state index in [1.165, 1.54) is 11.8 Å². The molecule has 0 aliphatic carbocycles. The minimum Gasteiger partial charge on any atom is -0.248 e. The van der Waals surface area contributed by atoms with Gasteiger partial charge in [0.2, 0.25) is 0 Å². The van der Waals surface area contributed by atoms with Gasteiger partial charge in [-0.1, -0.05) is 29.8 Å². The van der Waals surface area contributed by atoms with Gasteiger partial charge in [0.05, 0.1) is 16.7 Å². The first-order valence-electron chi connectivity index (χ1n) is 5.02. The average molecular weight is 261 g/mol. The molecule has 0 radical (unpaired) electrons. The first-order valence-corrected chi connectivity index (χ1v) is 6.39. The van der Waals surface area contributed by atoms with Gasteiger partial charge in [0, 0.05) is 11.9 Å². The van der Waals surface area contributed by atoms with Crippen LogP contribution in [0.4, 0.5) is 0 Å². The van der Waals surface area contributed by atoms with Crippen molar-refractivity contribution in [1.29, 1.82) is 5.26 Å². The third-order valence-corrected chi connectivity index (χ3v) is 3.70. The predicted octanol–water partition coefficient (Wildman–Crippen LogP) is 3.90. The van der Waals surface area contributed by atoms with Gasteiger partial charge in [-0.05, 0) is 23.8 Å².